The van der Waals surface area contributed by atoms with Crippen LogP contribution < -0.4 is 20.7 Å². The molecule has 8 nitrogen and oxygen atoms in total. The molecule has 0 spiro atoms. The van der Waals surface area contributed by atoms with Gasteiger partial charge in [-0.2, -0.15) is 0 Å². The molecule has 1 aromatic rings. The first-order valence-electron chi connectivity index (χ1n) is 10.4. The molecule has 0 atom stereocenters. The van der Waals surface area contributed by atoms with E-state index in [0.29, 0.717) is 19.1 Å². The zero-order valence-electron chi connectivity index (χ0n) is 19.9. The van der Waals surface area contributed by atoms with E-state index < -0.39 is 0 Å². The number of ether oxygens (including phenoxy) is 2. The summed E-state index contributed by atoms with van der Waals surface area (Å²) in [6, 6.07) is 7.67. The highest BCUT2D eigenvalue weighted by Crippen LogP contribution is 2.16. The quantitative estimate of drug-likeness (QED) is 0.224. The molecule has 0 radical (unpaired) electrons. The van der Waals surface area contributed by atoms with Gasteiger partial charge in [-0.05, 0) is 65.9 Å². The molecule has 31 heavy (non-hydrogen) atoms. The number of amides is 1. The first-order chi connectivity index (χ1) is 14.1. The van der Waals surface area contributed by atoms with Crippen molar-refractivity contribution in [1.29, 1.82) is 0 Å². The Kier molecular flexibility index (Phi) is 14.5. The van der Waals surface area contributed by atoms with Gasteiger partial charge in [0, 0.05) is 38.0 Å². The maximum atomic E-state index is 12.2. The number of nitrogens with zero attached hydrogens (tertiary/aromatic N) is 2. The second-order valence-electron chi connectivity index (χ2n) is 8.50. The maximum Gasteiger partial charge on any atom is 0.242 e. The summed E-state index contributed by atoms with van der Waals surface area (Å²) in [6.07, 6.45) is 0.124. The van der Waals surface area contributed by atoms with E-state index in [1.165, 1.54) is 0 Å². The average molecular weight is 549 g/mol. The van der Waals surface area contributed by atoms with E-state index in [2.05, 4.69) is 25.8 Å². The van der Waals surface area contributed by atoms with Crippen LogP contribution >= 0.6 is 24.0 Å². The van der Waals surface area contributed by atoms with Crippen LogP contribution in [0.25, 0.3) is 0 Å². The average Bonchev–Trinajstić information content (AvgIpc) is 2.64. The van der Waals surface area contributed by atoms with E-state index in [-0.39, 0.29) is 48.1 Å². The van der Waals surface area contributed by atoms with Gasteiger partial charge in [0.05, 0.1) is 12.7 Å². The fourth-order valence-electron chi connectivity index (χ4n) is 2.50. The van der Waals surface area contributed by atoms with Crippen LogP contribution in [0.15, 0.2) is 29.3 Å². The van der Waals surface area contributed by atoms with Gasteiger partial charge in [0.25, 0.3) is 0 Å². The topological polar surface area (TPSA) is 87.2 Å². The van der Waals surface area contributed by atoms with Crippen molar-refractivity contribution in [3.8, 4) is 5.75 Å². The SMILES string of the molecule is COCCN(C)CCNC(=NCC(=O)NC(C)(C)C)Nc1ccc(OC(C)C)cc1.I. The fourth-order valence-corrected chi connectivity index (χ4v) is 2.50. The summed E-state index contributed by atoms with van der Waals surface area (Å²) < 4.78 is 10.8. The van der Waals surface area contributed by atoms with Crippen molar-refractivity contribution in [2.45, 2.75) is 46.3 Å². The van der Waals surface area contributed by atoms with E-state index in [4.69, 9.17) is 9.47 Å². The Hall–Kier alpha value is -1.59. The summed E-state index contributed by atoms with van der Waals surface area (Å²) >= 11 is 0. The summed E-state index contributed by atoms with van der Waals surface area (Å²) in [5.74, 6) is 1.24. The Morgan fingerprint density at radius 1 is 1.16 bits per heavy atom. The molecule has 0 heterocycles. The lowest BCUT2D eigenvalue weighted by atomic mass is 10.1. The Bertz CT molecular complexity index is 660. The van der Waals surface area contributed by atoms with Gasteiger partial charge < -0.3 is 30.3 Å². The molecule has 1 amide bonds. The van der Waals surface area contributed by atoms with Crippen molar-refractivity contribution in [2.75, 3.05) is 52.3 Å². The van der Waals surface area contributed by atoms with Crippen molar-refractivity contribution in [3.63, 3.8) is 0 Å². The zero-order chi connectivity index (χ0) is 22.6. The molecule has 178 valence electrons. The van der Waals surface area contributed by atoms with Gasteiger partial charge in [0.1, 0.15) is 12.3 Å². The lowest BCUT2D eigenvalue weighted by Crippen LogP contribution is -2.43. The number of rotatable bonds is 11. The number of anilines is 1. The number of nitrogens with one attached hydrogen (secondary N) is 3. The Morgan fingerprint density at radius 3 is 2.35 bits per heavy atom. The number of carbonyl (C=O) groups excluding carboxylic acids is 1. The third kappa shape index (κ3) is 14.9. The third-order valence-corrected chi connectivity index (χ3v) is 3.85. The van der Waals surface area contributed by atoms with Crippen molar-refractivity contribution >= 4 is 41.5 Å². The van der Waals surface area contributed by atoms with Crippen LogP contribution in [0.1, 0.15) is 34.6 Å². The lowest BCUT2D eigenvalue weighted by Gasteiger charge is -2.20. The third-order valence-electron chi connectivity index (χ3n) is 3.85. The number of methoxy groups -OCH3 is 1. The molecule has 0 saturated carbocycles. The molecule has 0 aromatic heterocycles. The van der Waals surface area contributed by atoms with Crippen molar-refractivity contribution in [1.82, 2.24) is 15.5 Å². The molecule has 0 aliphatic rings. The predicted molar refractivity (Wildman–Crippen MR) is 139 cm³/mol. The largest absolute Gasteiger partial charge is 0.491 e. The van der Waals surface area contributed by atoms with Gasteiger partial charge in [-0.25, -0.2) is 4.99 Å². The molecule has 0 aliphatic heterocycles. The first-order valence-corrected chi connectivity index (χ1v) is 10.4. The molecule has 0 aliphatic carbocycles. The number of carbonyl (C=O) groups is 1. The van der Waals surface area contributed by atoms with E-state index in [1.54, 1.807) is 7.11 Å². The van der Waals surface area contributed by atoms with E-state index in [1.807, 2.05) is 65.9 Å². The van der Waals surface area contributed by atoms with Gasteiger partial charge in [-0.15, -0.1) is 24.0 Å². The van der Waals surface area contributed by atoms with E-state index in [9.17, 15) is 4.79 Å². The molecule has 3 N–H and O–H groups in total. The standard InChI is InChI=1S/C22H39N5O3.HI/c1-17(2)30-19-10-8-18(9-11-19)25-21(23-12-13-27(6)14-15-29-7)24-16-20(28)26-22(3,4)5;/h8-11,17H,12-16H2,1-7H3,(H,26,28)(H2,23,24,25);1H. The van der Waals surface area contributed by atoms with Crippen molar-refractivity contribution in [3.05, 3.63) is 24.3 Å². The van der Waals surface area contributed by atoms with Gasteiger partial charge in [-0.1, -0.05) is 0 Å². The molecule has 0 fully saturated rings. The molecular weight excluding hydrogens is 509 g/mol. The maximum absolute atomic E-state index is 12.2. The van der Waals surface area contributed by atoms with Gasteiger partial charge >= 0.3 is 0 Å². The van der Waals surface area contributed by atoms with Gasteiger partial charge in [-0.3, -0.25) is 4.79 Å². The summed E-state index contributed by atoms with van der Waals surface area (Å²) in [6.45, 7) is 12.9. The second kappa shape index (κ2) is 15.3. The number of guanidine groups is 1. The zero-order valence-corrected chi connectivity index (χ0v) is 22.3. The van der Waals surface area contributed by atoms with Crippen LogP contribution in [0.3, 0.4) is 0 Å². The number of hydrogen-bond donors (Lipinski definition) is 3. The minimum absolute atomic E-state index is 0. The summed E-state index contributed by atoms with van der Waals surface area (Å²) in [7, 11) is 3.73. The molecule has 9 heteroatoms. The molecule has 1 rings (SSSR count). The Morgan fingerprint density at radius 2 is 1.81 bits per heavy atom. The molecule has 1 aromatic carbocycles. The molecule has 0 bridgehead atoms. The van der Waals surface area contributed by atoms with Gasteiger partial charge in [0.2, 0.25) is 5.91 Å². The Labute approximate surface area is 204 Å². The van der Waals surface area contributed by atoms with Gasteiger partial charge in [0.15, 0.2) is 5.96 Å². The predicted octanol–water partition coefficient (Wildman–Crippen LogP) is 2.94. The number of likely N-dealkylation sites (N-methyl/N-ethyl adjacent to an activating group) is 1. The Balaban J connectivity index is 0.00000900. The number of aliphatic imine (C=N–C) groups is 1. The van der Waals surface area contributed by atoms with Crippen LogP contribution in [0.2, 0.25) is 0 Å². The van der Waals surface area contributed by atoms with Crippen LogP contribution in [0.4, 0.5) is 5.69 Å². The molecule has 0 unspecified atom stereocenters. The highest BCUT2D eigenvalue weighted by Gasteiger charge is 2.13. The van der Waals surface area contributed by atoms with Crippen LogP contribution in [0.5, 0.6) is 5.75 Å². The monoisotopic (exact) mass is 549 g/mol. The summed E-state index contributed by atoms with van der Waals surface area (Å²) in [5.41, 5.74) is 0.575. The highest BCUT2D eigenvalue weighted by molar-refractivity contribution is 14.0. The molecule has 0 saturated heterocycles. The smallest absolute Gasteiger partial charge is 0.242 e. The van der Waals surface area contributed by atoms with Crippen LogP contribution in [-0.2, 0) is 9.53 Å². The fraction of sp³-hybridized carbons (Fsp3) is 0.636. The van der Waals surface area contributed by atoms with E-state index in [0.717, 1.165) is 24.5 Å². The van der Waals surface area contributed by atoms with Crippen LogP contribution in [0, 0.1) is 0 Å². The molecular formula is C22H40IN5O3. The van der Waals surface area contributed by atoms with Crippen molar-refractivity contribution < 1.29 is 14.3 Å². The number of hydrogen-bond acceptors (Lipinski definition) is 5. The summed E-state index contributed by atoms with van der Waals surface area (Å²) in [4.78, 5) is 18.8. The first kappa shape index (κ1) is 29.4. The minimum atomic E-state index is -0.288. The second-order valence-corrected chi connectivity index (χ2v) is 8.50. The highest BCUT2D eigenvalue weighted by atomic mass is 127. The van der Waals surface area contributed by atoms with Crippen molar-refractivity contribution in [2.24, 2.45) is 4.99 Å². The number of halogens is 1. The number of benzene rings is 1. The minimum Gasteiger partial charge on any atom is -0.491 e. The normalized spacial score (nSPS) is 11.8. The van der Waals surface area contributed by atoms with Crippen LogP contribution in [-0.4, -0.2) is 75.4 Å². The lowest BCUT2D eigenvalue weighted by molar-refractivity contribution is -0.121. The summed E-state index contributed by atoms with van der Waals surface area (Å²) in [5, 5.41) is 9.46. The van der Waals surface area contributed by atoms with E-state index >= 15 is 0 Å².